The van der Waals surface area contributed by atoms with Crippen molar-refractivity contribution in [2.75, 3.05) is 27.2 Å². The zero-order valence-electron chi connectivity index (χ0n) is 12.9. The third-order valence-corrected chi connectivity index (χ3v) is 5.25. The maximum absolute atomic E-state index is 6.48. The lowest BCUT2D eigenvalue weighted by Crippen LogP contribution is -2.46. The van der Waals surface area contributed by atoms with Gasteiger partial charge in [0.25, 0.3) is 0 Å². The maximum atomic E-state index is 6.48. The quantitative estimate of drug-likeness (QED) is 0.925. The molecule has 2 fully saturated rings. The van der Waals surface area contributed by atoms with Gasteiger partial charge in [-0.15, -0.1) is 0 Å². The van der Waals surface area contributed by atoms with Crippen molar-refractivity contribution in [3.63, 3.8) is 0 Å². The highest BCUT2D eigenvalue weighted by atomic mass is 16.5. The molecule has 2 atom stereocenters. The summed E-state index contributed by atoms with van der Waals surface area (Å²) in [6.45, 7) is 2.27. The van der Waals surface area contributed by atoms with Gasteiger partial charge in [-0.2, -0.15) is 0 Å². The van der Waals surface area contributed by atoms with Gasteiger partial charge in [0.1, 0.15) is 17.1 Å². The summed E-state index contributed by atoms with van der Waals surface area (Å²) in [5.74, 6) is 1.93. The second-order valence-electron chi connectivity index (χ2n) is 6.69. The lowest BCUT2D eigenvalue weighted by Gasteiger charge is -2.40. The van der Waals surface area contributed by atoms with Crippen LogP contribution in [0.15, 0.2) is 18.2 Å². The molecule has 4 nitrogen and oxygen atoms in total. The second-order valence-corrected chi connectivity index (χ2v) is 6.69. The predicted molar refractivity (Wildman–Crippen MR) is 82.0 cm³/mol. The third kappa shape index (κ3) is 2.30. The first-order valence-corrected chi connectivity index (χ1v) is 8.01. The fourth-order valence-electron chi connectivity index (χ4n) is 3.91. The average Bonchev–Trinajstić information content (AvgIpc) is 3.29. The number of hydrogen-bond acceptors (Lipinski definition) is 4. The molecule has 1 saturated carbocycles. The van der Waals surface area contributed by atoms with Gasteiger partial charge >= 0.3 is 0 Å². The third-order valence-electron chi connectivity index (χ3n) is 5.25. The average molecular weight is 288 g/mol. The zero-order chi connectivity index (χ0) is 14.4. The number of nitrogens with one attached hydrogen (secondary N) is 1. The molecule has 0 radical (unpaired) electrons. The van der Waals surface area contributed by atoms with Crippen LogP contribution in [0.5, 0.6) is 11.5 Å². The Morgan fingerprint density at radius 3 is 2.95 bits per heavy atom. The Morgan fingerprint density at radius 2 is 2.24 bits per heavy atom. The van der Waals surface area contributed by atoms with Crippen molar-refractivity contribution >= 4 is 0 Å². The van der Waals surface area contributed by atoms with Gasteiger partial charge in [-0.3, -0.25) is 4.90 Å². The van der Waals surface area contributed by atoms with Crippen LogP contribution < -0.4 is 14.8 Å². The summed E-state index contributed by atoms with van der Waals surface area (Å²) < 4.78 is 11.8. The maximum Gasteiger partial charge on any atom is 0.125 e. The van der Waals surface area contributed by atoms with Crippen LogP contribution in [0.25, 0.3) is 0 Å². The first-order chi connectivity index (χ1) is 10.2. The van der Waals surface area contributed by atoms with E-state index in [9.17, 15) is 0 Å². The molecule has 0 amide bonds. The number of ether oxygens (including phenoxy) is 2. The normalized spacial score (nSPS) is 32.0. The van der Waals surface area contributed by atoms with Crippen LogP contribution in [0.1, 0.15) is 37.3 Å². The highest BCUT2D eigenvalue weighted by molar-refractivity contribution is 5.44. The van der Waals surface area contributed by atoms with Crippen molar-refractivity contribution in [1.82, 2.24) is 10.2 Å². The minimum atomic E-state index is -0.00213. The Labute approximate surface area is 126 Å². The Balaban J connectivity index is 1.62. The molecule has 21 heavy (non-hydrogen) atoms. The Morgan fingerprint density at radius 1 is 1.38 bits per heavy atom. The molecule has 0 aromatic heterocycles. The number of benzene rings is 1. The molecular formula is C17H24N2O2. The highest BCUT2D eigenvalue weighted by Gasteiger charge is 2.48. The summed E-state index contributed by atoms with van der Waals surface area (Å²) in [7, 11) is 3.76. The van der Waals surface area contributed by atoms with E-state index in [1.807, 2.05) is 13.1 Å². The minimum Gasteiger partial charge on any atom is -0.497 e. The molecule has 0 bridgehead atoms. The summed E-state index contributed by atoms with van der Waals surface area (Å²) in [5.41, 5.74) is 1.23. The van der Waals surface area contributed by atoms with Gasteiger partial charge in [-0.25, -0.2) is 0 Å². The molecule has 1 N–H and O–H groups in total. The molecule has 2 aliphatic heterocycles. The van der Waals surface area contributed by atoms with Crippen LogP contribution in [0.3, 0.4) is 0 Å². The molecule has 1 aromatic carbocycles. The van der Waals surface area contributed by atoms with Crippen molar-refractivity contribution in [1.29, 1.82) is 0 Å². The standard InChI is InChI=1S/C17H24N2O2/c1-18-15-10-17(7-8-19(11-17)12-3-4-12)21-16-6-5-13(20-2)9-14(15)16/h5-6,9,12,15,18H,3-4,7-8,10-11H2,1-2H3. The SMILES string of the molecule is CNC1CC2(CCN(C3CC3)C2)Oc2ccc(OC)cc21. The number of rotatable bonds is 3. The van der Waals surface area contributed by atoms with Crippen LogP contribution in [-0.4, -0.2) is 43.8 Å². The molecule has 4 heteroatoms. The second kappa shape index (κ2) is 4.89. The molecule has 3 aliphatic rings. The smallest absolute Gasteiger partial charge is 0.125 e. The first-order valence-electron chi connectivity index (χ1n) is 8.01. The van der Waals surface area contributed by atoms with Crippen LogP contribution in [0.4, 0.5) is 0 Å². The summed E-state index contributed by atoms with van der Waals surface area (Å²) in [6, 6.07) is 7.36. The first kappa shape index (κ1) is 13.4. The summed E-state index contributed by atoms with van der Waals surface area (Å²) in [5, 5.41) is 3.47. The molecule has 114 valence electrons. The van der Waals surface area contributed by atoms with E-state index in [-0.39, 0.29) is 5.60 Å². The molecule has 1 aliphatic carbocycles. The topological polar surface area (TPSA) is 33.7 Å². The van der Waals surface area contributed by atoms with E-state index < -0.39 is 0 Å². The summed E-state index contributed by atoms with van der Waals surface area (Å²) >= 11 is 0. The van der Waals surface area contributed by atoms with E-state index >= 15 is 0 Å². The lowest BCUT2D eigenvalue weighted by molar-refractivity contribution is 0.0387. The minimum absolute atomic E-state index is 0.00213. The number of hydrogen-bond donors (Lipinski definition) is 1. The molecule has 1 saturated heterocycles. The number of methoxy groups -OCH3 is 1. The fourth-order valence-corrected chi connectivity index (χ4v) is 3.91. The van der Waals surface area contributed by atoms with E-state index in [4.69, 9.17) is 9.47 Å². The lowest BCUT2D eigenvalue weighted by atomic mass is 9.86. The van der Waals surface area contributed by atoms with Gasteiger partial charge in [0.15, 0.2) is 0 Å². The van der Waals surface area contributed by atoms with Crippen LogP contribution in [0.2, 0.25) is 0 Å². The van der Waals surface area contributed by atoms with Crippen LogP contribution in [-0.2, 0) is 0 Å². The monoisotopic (exact) mass is 288 g/mol. The Hall–Kier alpha value is -1.26. The van der Waals surface area contributed by atoms with Gasteiger partial charge in [-0.1, -0.05) is 0 Å². The zero-order valence-corrected chi connectivity index (χ0v) is 12.9. The van der Waals surface area contributed by atoms with Gasteiger partial charge in [0.05, 0.1) is 7.11 Å². The summed E-state index contributed by atoms with van der Waals surface area (Å²) in [6.07, 6.45) is 4.94. The van der Waals surface area contributed by atoms with Gasteiger partial charge in [0.2, 0.25) is 0 Å². The largest absolute Gasteiger partial charge is 0.497 e. The van der Waals surface area contributed by atoms with Gasteiger partial charge in [0, 0.05) is 43.6 Å². The Kier molecular flexibility index (Phi) is 3.12. The van der Waals surface area contributed by atoms with Crippen molar-refractivity contribution in [2.24, 2.45) is 0 Å². The van der Waals surface area contributed by atoms with E-state index in [0.717, 1.165) is 36.9 Å². The summed E-state index contributed by atoms with van der Waals surface area (Å²) in [4.78, 5) is 2.63. The van der Waals surface area contributed by atoms with Gasteiger partial charge in [-0.05, 0) is 38.1 Å². The van der Waals surface area contributed by atoms with Crippen LogP contribution in [0, 0.1) is 0 Å². The number of nitrogens with zero attached hydrogens (tertiary/aromatic N) is 1. The molecular weight excluding hydrogens is 264 g/mol. The Bertz CT molecular complexity index is 544. The molecule has 2 heterocycles. The van der Waals surface area contributed by atoms with Crippen molar-refractivity contribution in [2.45, 2.75) is 43.4 Å². The molecule has 2 unspecified atom stereocenters. The molecule has 4 rings (SSSR count). The van der Waals surface area contributed by atoms with Crippen molar-refractivity contribution < 1.29 is 9.47 Å². The number of likely N-dealkylation sites (tertiary alicyclic amines) is 1. The van der Waals surface area contributed by atoms with Crippen LogP contribution >= 0.6 is 0 Å². The van der Waals surface area contributed by atoms with Gasteiger partial charge < -0.3 is 14.8 Å². The highest BCUT2D eigenvalue weighted by Crippen LogP contribution is 2.46. The van der Waals surface area contributed by atoms with E-state index in [1.54, 1.807) is 7.11 Å². The molecule has 1 spiro atoms. The molecule has 1 aromatic rings. The predicted octanol–water partition coefficient (Wildman–Crippen LogP) is 2.35. The van der Waals surface area contributed by atoms with E-state index in [1.165, 1.54) is 24.9 Å². The number of fused-ring (bicyclic) bond motifs is 1. The van der Waals surface area contributed by atoms with E-state index in [0.29, 0.717) is 6.04 Å². The van der Waals surface area contributed by atoms with Crippen molar-refractivity contribution in [3.8, 4) is 11.5 Å². The van der Waals surface area contributed by atoms with Crippen molar-refractivity contribution in [3.05, 3.63) is 23.8 Å². The fraction of sp³-hybridized carbons (Fsp3) is 0.647. The van der Waals surface area contributed by atoms with E-state index in [2.05, 4.69) is 22.3 Å².